The van der Waals surface area contributed by atoms with Crippen molar-refractivity contribution < 1.29 is 14.8 Å². The van der Waals surface area contributed by atoms with Gasteiger partial charge in [-0.25, -0.2) is 0 Å². The molecule has 1 aliphatic rings. The van der Waals surface area contributed by atoms with Crippen molar-refractivity contribution in [3.8, 4) is 9.75 Å². The summed E-state index contributed by atoms with van der Waals surface area (Å²) in [6.45, 7) is 4.46. The van der Waals surface area contributed by atoms with Crippen LogP contribution >= 0.6 is 22.7 Å². The molecule has 0 aliphatic heterocycles. The molecule has 2 heterocycles. The van der Waals surface area contributed by atoms with Crippen molar-refractivity contribution in [2.24, 2.45) is 0 Å². The lowest BCUT2D eigenvalue weighted by Crippen LogP contribution is -2.29. The normalized spacial score (nSPS) is 14.1. The van der Waals surface area contributed by atoms with E-state index in [0.717, 1.165) is 28.9 Å². The third-order valence-corrected chi connectivity index (χ3v) is 8.42. The number of hydrogen-bond donors (Lipinski definition) is 2. The summed E-state index contributed by atoms with van der Waals surface area (Å²) in [6.07, 6.45) is 12.8. The van der Waals surface area contributed by atoms with Crippen LogP contribution in [0.4, 0.5) is 0 Å². The van der Waals surface area contributed by atoms with Crippen molar-refractivity contribution in [2.75, 3.05) is 0 Å². The summed E-state index contributed by atoms with van der Waals surface area (Å²) in [5.41, 5.74) is 2.51. The SMILES string of the molecule is CCCCCCC1(CCCCCC)c2cc(C=O)sc2-c2sc(B(O)O)cc21. The van der Waals surface area contributed by atoms with Crippen LogP contribution in [-0.4, -0.2) is 23.5 Å². The fourth-order valence-electron chi connectivity index (χ4n) is 4.57. The Morgan fingerprint density at radius 3 is 2.00 bits per heavy atom. The smallest absolute Gasteiger partial charge is 0.423 e. The molecule has 0 saturated carbocycles. The van der Waals surface area contributed by atoms with Crippen molar-refractivity contribution in [3.63, 3.8) is 0 Å². The first kappa shape index (κ1) is 21.8. The van der Waals surface area contributed by atoms with E-state index in [0.29, 0.717) is 4.78 Å². The van der Waals surface area contributed by atoms with E-state index in [2.05, 4.69) is 19.9 Å². The van der Waals surface area contributed by atoms with Crippen LogP contribution in [0.2, 0.25) is 0 Å². The van der Waals surface area contributed by atoms with Gasteiger partial charge in [-0.3, -0.25) is 4.79 Å². The highest BCUT2D eigenvalue weighted by atomic mass is 32.1. The molecule has 6 heteroatoms. The van der Waals surface area contributed by atoms with Crippen LogP contribution in [0.1, 0.15) is 98.9 Å². The van der Waals surface area contributed by atoms with Crippen molar-refractivity contribution in [3.05, 3.63) is 28.1 Å². The minimum Gasteiger partial charge on any atom is -0.423 e. The topological polar surface area (TPSA) is 57.5 Å². The van der Waals surface area contributed by atoms with Gasteiger partial charge in [0.2, 0.25) is 0 Å². The second-order valence-electron chi connectivity index (χ2n) is 7.98. The fraction of sp³-hybridized carbons (Fsp3) is 0.591. The van der Waals surface area contributed by atoms with E-state index in [4.69, 9.17) is 0 Å². The molecular formula is C22H31BO3S2. The highest BCUT2D eigenvalue weighted by Crippen LogP contribution is 2.58. The maximum atomic E-state index is 11.5. The fourth-order valence-corrected chi connectivity index (χ4v) is 6.93. The summed E-state index contributed by atoms with van der Waals surface area (Å²) >= 11 is 3.04. The molecule has 0 bridgehead atoms. The van der Waals surface area contributed by atoms with Gasteiger partial charge in [-0.15, -0.1) is 22.7 Å². The second-order valence-corrected chi connectivity index (χ2v) is 10.1. The maximum Gasteiger partial charge on any atom is 0.499 e. The van der Waals surface area contributed by atoms with Crippen molar-refractivity contribution in [1.29, 1.82) is 0 Å². The second kappa shape index (κ2) is 9.70. The van der Waals surface area contributed by atoms with E-state index < -0.39 is 7.12 Å². The van der Waals surface area contributed by atoms with Crippen molar-refractivity contribution >= 4 is 40.9 Å². The number of unbranched alkanes of at least 4 members (excludes halogenated alkanes) is 6. The number of carbonyl (C=O) groups excluding carboxylic acids is 1. The number of thiophene rings is 2. The highest BCUT2D eigenvalue weighted by Gasteiger charge is 2.45. The van der Waals surface area contributed by atoms with Crippen LogP contribution in [0.5, 0.6) is 0 Å². The predicted molar refractivity (Wildman–Crippen MR) is 121 cm³/mol. The molecule has 3 rings (SSSR count). The molecule has 152 valence electrons. The Labute approximate surface area is 177 Å². The van der Waals surface area contributed by atoms with Gasteiger partial charge in [0.1, 0.15) is 0 Å². The van der Waals surface area contributed by atoms with Crippen molar-refractivity contribution in [1.82, 2.24) is 0 Å². The third kappa shape index (κ3) is 4.16. The van der Waals surface area contributed by atoms with Gasteiger partial charge in [-0.2, -0.15) is 0 Å². The molecule has 1 aliphatic carbocycles. The average molecular weight is 418 g/mol. The number of carbonyl (C=O) groups is 1. The predicted octanol–water partition coefficient (Wildman–Crippen LogP) is 5.51. The quantitative estimate of drug-likeness (QED) is 0.272. The number of aldehydes is 1. The average Bonchev–Trinajstić information content (AvgIpc) is 3.35. The van der Waals surface area contributed by atoms with Gasteiger partial charge in [0.25, 0.3) is 0 Å². The molecule has 0 unspecified atom stereocenters. The Kier molecular flexibility index (Phi) is 7.54. The van der Waals surface area contributed by atoms with Gasteiger partial charge in [-0.05, 0) is 36.1 Å². The van der Waals surface area contributed by atoms with E-state index in [9.17, 15) is 14.8 Å². The van der Waals surface area contributed by atoms with Crippen LogP contribution in [0.3, 0.4) is 0 Å². The van der Waals surface area contributed by atoms with Gasteiger partial charge < -0.3 is 10.0 Å². The molecule has 28 heavy (non-hydrogen) atoms. The van der Waals surface area contributed by atoms with Crippen LogP contribution in [0, 0.1) is 0 Å². The zero-order chi connectivity index (χ0) is 20.1. The Morgan fingerprint density at radius 2 is 1.46 bits per heavy atom. The standard InChI is InChI=1S/C22H31BO3S2/c1-3-5-7-9-11-22(12-10-8-6-4-2)17-13-16(15-24)27-20(17)21-18(22)14-19(28-21)23(25)26/h13-15,25-26H,3-12H2,1-2H3. The first-order valence-electron chi connectivity index (χ1n) is 10.7. The molecule has 2 N–H and O–H groups in total. The molecule has 0 saturated heterocycles. The Balaban J connectivity index is 2.01. The van der Waals surface area contributed by atoms with Gasteiger partial charge in [-0.1, -0.05) is 65.2 Å². The Hall–Kier alpha value is -0.945. The van der Waals surface area contributed by atoms with E-state index in [1.54, 1.807) is 11.3 Å². The molecule has 0 fully saturated rings. The van der Waals surface area contributed by atoms with Crippen LogP contribution in [0.25, 0.3) is 9.75 Å². The molecule has 2 aromatic heterocycles. The third-order valence-electron chi connectivity index (χ3n) is 6.02. The lowest BCUT2D eigenvalue weighted by atomic mass is 9.70. The first-order valence-corrected chi connectivity index (χ1v) is 12.3. The lowest BCUT2D eigenvalue weighted by Gasteiger charge is -2.31. The molecule has 0 amide bonds. The summed E-state index contributed by atoms with van der Waals surface area (Å²) in [5, 5.41) is 19.5. The molecular weight excluding hydrogens is 387 g/mol. The highest BCUT2D eigenvalue weighted by molar-refractivity contribution is 7.28. The first-order chi connectivity index (χ1) is 13.6. The van der Waals surface area contributed by atoms with Crippen LogP contribution in [0.15, 0.2) is 12.1 Å². The Bertz CT molecular complexity index is 782. The van der Waals surface area contributed by atoms with Gasteiger partial charge in [0.05, 0.1) is 4.88 Å². The zero-order valence-corrected chi connectivity index (χ0v) is 18.6. The molecule has 0 aromatic carbocycles. The zero-order valence-electron chi connectivity index (χ0n) is 17.0. The summed E-state index contributed by atoms with van der Waals surface area (Å²) < 4.78 is 0.614. The van der Waals surface area contributed by atoms with Crippen LogP contribution in [-0.2, 0) is 5.41 Å². The van der Waals surface area contributed by atoms with Crippen molar-refractivity contribution in [2.45, 2.75) is 83.5 Å². The molecule has 3 nitrogen and oxygen atoms in total. The Morgan fingerprint density at radius 1 is 0.893 bits per heavy atom. The number of fused-ring (bicyclic) bond motifs is 3. The number of rotatable bonds is 12. The van der Waals surface area contributed by atoms with Gasteiger partial charge in [0.15, 0.2) is 6.29 Å². The largest absolute Gasteiger partial charge is 0.499 e. The summed E-state index contributed by atoms with van der Waals surface area (Å²) in [5.74, 6) is 0. The summed E-state index contributed by atoms with van der Waals surface area (Å²) in [6, 6.07) is 4.13. The van der Waals surface area contributed by atoms with E-state index in [-0.39, 0.29) is 5.41 Å². The van der Waals surface area contributed by atoms with Crippen LogP contribution < -0.4 is 4.78 Å². The lowest BCUT2D eigenvalue weighted by molar-refractivity contribution is 0.112. The molecule has 0 atom stereocenters. The molecule has 0 spiro atoms. The van der Waals surface area contributed by atoms with E-state index >= 15 is 0 Å². The molecule has 0 radical (unpaired) electrons. The summed E-state index contributed by atoms with van der Waals surface area (Å²) in [4.78, 5) is 14.6. The molecule has 2 aromatic rings. The van der Waals surface area contributed by atoms with Gasteiger partial charge >= 0.3 is 7.12 Å². The van der Waals surface area contributed by atoms with E-state index in [1.807, 2.05) is 6.07 Å². The monoisotopic (exact) mass is 418 g/mol. The van der Waals surface area contributed by atoms with Gasteiger partial charge in [0, 0.05) is 19.9 Å². The maximum absolute atomic E-state index is 11.5. The minimum absolute atomic E-state index is 0.0758. The minimum atomic E-state index is -1.43. The summed E-state index contributed by atoms with van der Waals surface area (Å²) in [7, 11) is -1.43. The van der Waals surface area contributed by atoms with E-state index in [1.165, 1.54) is 78.7 Å². The number of hydrogen-bond acceptors (Lipinski definition) is 5.